The summed E-state index contributed by atoms with van der Waals surface area (Å²) in [6.45, 7) is 4.10. The van der Waals surface area contributed by atoms with Gasteiger partial charge in [-0.15, -0.1) is 0 Å². The Bertz CT molecular complexity index is 879. The Balaban J connectivity index is 2.22. The van der Waals surface area contributed by atoms with Crippen molar-refractivity contribution >= 4 is 21.4 Å². The van der Waals surface area contributed by atoms with Crippen LogP contribution >= 0.6 is 0 Å². The van der Waals surface area contributed by atoms with Crippen LogP contribution in [-0.2, 0) is 16.4 Å². The van der Waals surface area contributed by atoms with Gasteiger partial charge in [0.15, 0.2) is 0 Å². The molecular formula is C18H25N3O6S. The number of aliphatic hydroxyl groups is 1. The number of rotatable bonds is 11. The smallest absolute Gasteiger partial charge is 0.293 e. The molecule has 1 heterocycles. The van der Waals surface area contributed by atoms with Crippen molar-refractivity contribution in [3.05, 3.63) is 52.5 Å². The molecule has 1 atom stereocenters. The van der Waals surface area contributed by atoms with Crippen LogP contribution in [0.2, 0.25) is 0 Å². The highest BCUT2D eigenvalue weighted by atomic mass is 32.2. The summed E-state index contributed by atoms with van der Waals surface area (Å²) >= 11 is 0. The molecule has 1 aromatic carbocycles. The third-order valence-electron chi connectivity index (χ3n) is 4.42. The number of hydrogen-bond donors (Lipinski definition) is 2. The Kier molecular flexibility index (Phi) is 7.55. The minimum absolute atomic E-state index is 0.122. The van der Waals surface area contributed by atoms with Crippen LogP contribution in [0.4, 0.5) is 11.4 Å². The Hall–Kier alpha value is -2.43. The maximum Gasteiger partial charge on any atom is 0.293 e. The second-order valence-corrected chi connectivity index (χ2v) is 8.18. The van der Waals surface area contributed by atoms with Crippen LogP contribution in [-0.4, -0.2) is 49.0 Å². The summed E-state index contributed by atoms with van der Waals surface area (Å²) in [5.74, 6) is 0.487. The molecule has 0 amide bonds. The average molecular weight is 411 g/mol. The predicted octanol–water partition coefficient (Wildman–Crippen LogP) is 2.48. The van der Waals surface area contributed by atoms with Crippen molar-refractivity contribution in [2.24, 2.45) is 5.92 Å². The Morgan fingerprint density at radius 1 is 1.29 bits per heavy atom. The summed E-state index contributed by atoms with van der Waals surface area (Å²) in [4.78, 5) is 10.7. The van der Waals surface area contributed by atoms with Crippen molar-refractivity contribution in [3.8, 4) is 0 Å². The van der Waals surface area contributed by atoms with Gasteiger partial charge in [0.1, 0.15) is 11.4 Å². The molecule has 0 radical (unpaired) electrons. The second kappa shape index (κ2) is 9.67. The lowest BCUT2D eigenvalue weighted by atomic mass is 10.0. The van der Waals surface area contributed by atoms with Gasteiger partial charge in [0.2, 0.25) is 10.0 Å². The molecule has 1 aromatic heterocycles. The minimum Gasteiger partial charge on any atom is -0.469 e. The molecule has 0 fully saturated rings. The highest BCUT2D eigenvalue weighted by Gasteiger charge is 2.26. The third-order valence-corrected chi connectivity index (χ3v) is 6.46. The molecule has 2 rings (SSSR count). The van der Waals surface area contributed by atoms with Gasteiger partial charge in [0.05, 0.1) is 16.1 Å². The van der Waals surface area contributed by atoms with Gasteiger partial charge in [-0.1, -0.05) is 13.8 Å². The second-order valence-electron chi connectivity index (χ2n) is 6.24. The van der Waals surface area contributed by atoms with Crippen LogP contribution < -0.4 is 5.32 Å². The van der Waals surface area contributed by atoms with E-state index in [9.17, 15) is 23.6 Å². The van der Waals surface area contributed by atoms with E-state index in [1.165, 1.54) is 22.7 Å². The van der Waals surface area contributed by atoms with Gasteiger partial charge in [0.25, 0.3) is 5.69 Å². The van der Waals surface area contributed by atoms with E-state index in [1.807, 2.05) is 0 Å². The molecule has 0 aliphatic heterocycles. The Labute approximate surface area is 164 Å². The maximum atomic E-state index is 12.6. The fourth-order valence-electron chi connectivity index (χ4n) is 2.85. The molecule has 9 nitrogen and oxygen atoms in total. The van der Waals surface area contributed by atoms with Gasteiger partial charge >= 0.3 is 0 Å². The van der Waals surface area contributed by atoms with E-state index < -0.39 is 14.9 Å². The number of furan rings is 1. The van der Waals surface area contributed by atoms with E-state index in [1.54, 1.807) is 26.0 Å². The zero-order valence-electron chi connectivity index (χ0n) is 15.9. The lowest BCUT2D eigenvalue weighted by Crippen LogP contribution is -2.30. The van der Waals surface area contributed by atoms with Crippen LogP contribution in [0, 0.1) is 16.0 Å². The Morgan fingerprint density at radius 3 is 2.54 bits per heavy atom. The van der Waals surface area contributed by atoms with Crippen LogP contribution in [0.3, 0.4) is 0 Å². The number of benzene rings is 1. The largest absolute Gasteiger partial charge is 0.469 e. The van der Waals surface area contributed by atoms with Crippen LogP contribution in [0.15, 0.2) is 45.9 Å². The summed E-state index contributed by atoms with van der Waals surface area (Å²) in [6, 6.07) is 7.34. The van der Waals surface area contributed by atoms with Crippen molar-refractivity contribution in [2.45, 2.75) is 25.2 Å². The van der Waals surface area contributed by atoms with Gasteiger partial charge in [-0.3, -0.25) is 10.1 Å². The van der Waals surface area contributed by atoms with Crippen molar-refractivity contribution in [2.75, 3.05) is 31.6 Å². The first-order valence-electron chi connectivity index (χ1n) is 8.99. The molecule has 10 heteroatoms. The molecule has 0 spiro atoms. The lowest BCUT2D eigenvalue weighted by Gasteiger charge is -2.19. The topological polar surface area (TPSA) is 126 Å². The molecule has 2 N–H and O–H groups in total. The maximum absolute atomic E-state index is 12.6. The SMILES string of the molecule is CCN(CC)S(=O)(=O)c1ccc(NC[C@H](CO)Cc2ccco2)c([N+](=O)[O-])c1. The molecule has 0 bridgehead atoms. The van der Waals surface area contributed by atoms with E-state index in [4.69, 9.17) is 4.42 Å². The number of hydrogen-bond acceptors (Lipinski definition) is 7. The quantitative estimate of drug-likeness (QED) is 0.430. The summed E-state index contributed by atoms with van der Waals surface area (Å²) in [5, 5.41) is 24.0. The zero-order valence-corrected chi connectivity index (χ0v) is 16.7. The van der Waals surface area contributed by atoms with Crippen molar-refractivity contribution in [1.82, 2.24) is 4.31 Å². The van der Waals surface area contributed by atoms with Crippen molar-refractivity contribution in [3.63, 3.8) is 0 Å². The first-order chi connectivity index (χ1) is 13.3. The van der Waals surface area contributed by atoms with E-state index in [0.29, 0.717) is 12.2 Å². The number of nitro benzene ring substituents is 1. The van der Waals surface area contributed by atoms with Crippen LogP contribution in [0.1, 0.15) is 19.6 Å². The first kappa shape index (κ1) is 21.9. The first-order valence-corrected chi connectivity index (χ1v) is 10.4. The molecule has 0 aliphatic carbocycles. The van der Waals surface area contributed by atoms with Crippen molar-refractivity contribution in [1.29, 1.82) is 0 Å². The fraction of sp³-hybridized carbons (Fsp3) is 0.444. The highest BCUT2D eigenvalue weighted by Crippen LogP contribution is 2.29. The van der Waals surface area contributed by atoms with Crippen LogP contribution in [0.25, 0.3) is 0 Å². The monoisotopic (exact) mass is 411 g/mol. The highest BCUT2D eigenvalue weighted by molar-refractivity contribution is 7.89. The standard InChI is InChI=1S/C18H25N3O6S/c1-3-20(4-2)28(25,26)16-7-8-17(18(11-16)21(23)24)19-12-14(13-22)10-15-6-5-9-27-15/h5-9,11,14,19,22H,3-4,10,12-13H2,1-2H3/t14-/m1/s1. The summed E-state index contributed by atoms with van der Waals surface area (Å²) in [7, 11) is -3.80. The molecule has 2 aromatic rings. The zero-order chi connectivity index (χ0) is 20.7. The van der Waals surface area contributed by atoms with Gasteiger partial charge in [-0.05, 0) is 24.3 Å². The Morgan fingerprint density at radius 2 is 2.00 bits per heavy atom. The number of sulfonamides is 1. The average Bonchev–Trinajstić information content (AvgIpc) is 3.18. The van der Waals surface area contributed by atoms with Crippen LogP contribution in [0.5, 0.6) is 0 Å². The fourth-order valence-corrected chi connectivity index (χ4v) is 4.33. The van der Waals surface area contributed by atoms with Gasteiger partial charge in [-0.2, -0.15) is 4.31 Å². The number of nitrogens with zero attached hydrogens (tertiary/aromatic N) is 2. The lowest BCUT2D eigenvalue weighted by molar-refractivity contribution is -0.384. The summed E-state index contributed by atoms with van der Waals surface area (Å²) in [5.41, 5.74) is -0.135. The molecule has 154 valence electrons. The molecule has 28 heavy (non-hydrogen) atoms. The molecule has 0 saturated carbocycles. The summed E-state index contributed by atoms with van der Waals surface area (Å²) < 4.78 is 31.7. The third kappa shape index (κ3) is 5.09. The number of nitrogens with one attached hydrogen (secondary N) is 1. The van der Waals surface area contributed by atoms with Gasteiger partial charge in [0, 0.05) is 44.6 Å². The minimum atomic E-state index is -3.80. The number of nitro groups is 1. The normalized spacial score (nSPS) is 12.9. The van der Waals surface area contributed by atoms with Gasteiger partial charge in [-0.25, -0.2) is 8.42 Å². The molecule has 0 unspecified atom stereocenters. The van der Waals surface area contributed by atoms with E-state index in [2.05, 4.69) is 5.32 Å². The van der Waals surface area contributed by atoms with Crippen molar-refractivity contribution < 1.29 is 22.9 Å². The number of anilines is 1. The predicted molar refractivity (Wildman–Crippen MR) is 105 cm³/mol. The molecular weight excluding hydrogens is 386 g/mol. The summed E-state index contributed by atoms with van der Waals surface area (Å²) in [6.07, 6.45) is 2.01. The molecule has 0 aliphatic rings. The van der Waals surface area contributed by atoms with Gasteiger partial charge < -0.3 is 14.8 Å². The van der Waals surface area contributed by atoms with E-state index >= 15 is 0 Å². The molecule has 0 saturated heterocycles. The van der Waals surface area contributed by atoms with E-state index in [-0.39, 0.29) is 48.4 Å². The van der Waals surface area contributed by atoms with E-state index in [0.717, 1.165) is 6.07 Å². The number of aliphatic hydroxyl groups excluding tert-OH is 1.